The fourth-order valence-corrected chi connectivity index (χ4v) is 2.55. The van der Waals surface area contributed by atoms with Crippen LogP contribution in [0, 0.1) is 13.8 Å². The van der Waals surface area contributed by atoms with Gasteiger partial charge in [-0.3, -0.25) is 4.79 Å². The number of esters is 1. The van der Waals surface area contributed by atoms with Crippen LogP contribution in [-0.2, 0) is 9.53 Å². The first-order chi connectivity index (χ1) is 10.9. The molecule has 0 radical (unpaired) electrons. The number of halogens is 2. The van der Waals surface area contributed by atoms with Gasteiger partial charge in [-0.05, 0) is 59.6 Å². The first-order valence-electron chi connectivity index (χ1n) is 6.86. The van der Waals surface area contributed by atoms with Gasteiger partial charge in [0.15, 0.2) is 6.61 Å². The Hall–Kier alpha value is -1.85. The van der Waals surface area contributed by atoms with E-state index in [4.69, 9.17) is 16.3 Å². The first kappa shape index (κ1) is 17.5. The van der Waals surface area contributed by atoms with Crippen molar-refractivity contribution in [3.05, 3.63) is 62.6 Å². The molecule has 4 nitrogen and oxygen atoms in total. The molecule has 0 aliphatic rings. The van der Waals surface area contributed by atoms with Crippen LogP contribution in [0.15, 0.2) is 40.9 Å². The quantitative estimate of drug-likeness (QED) is 0.773. The number of hydrogen-bond acceptors (Lipinski definition) is 3. The number of aryl methyl sites for hydroxylation is 1. The zero-order valence-corrected chi connectivity index (χ0v) is 15.0. The molecule has 0 fully saturated rings. The molecule has 2 rings (SSSR count). The van der Waals surface area contributed by atoms with E-state index in [1.165, 1.54) is 0 Å². The Morgan fingerprint density at radius 3 is 2.65 bits per heavy atom. The molecule has 1 N–H and O–H groups in total. The van der Waals surface area contributed by atoms with Gasteiger partial charge in [0.05, 0.1) is 10.6 Å². The average molecular weight is 397 g/mol. The molecule has 2 aromatic carbocycles. The molecule has 0 aliphatic carbocycles. The summed E-state index contributed by atoms with van der Waals surface area (Å²) in [4.78, 5) is 23.8. The van der Waals surface area contributed by atoms with Crippen LogP contribution in [0.25, 0.3) is 0 Å². The van der Waals surface area contributed by atoms with E-state index in [9.17, 15) is 9.59 Å². The van der Waals surface area contributed by atoms with Gasteiger partial charge in [0.25, 0.3) is 5.91 Å². The van der Waals surface area contributed by atoms with Crippen molar-refractivity contribution in [1.29, 1.82) is 0 Å². The van der Waals surface area contributed by atoms with Crippen LogP contribution in [-0.4, -0.2) is 18.5 Å². The number of benzene rings is 2. The number of amides is 1. The highest BCUT2D eigenvalue weighted by Gasteiger charge is 2.12. The smallest absolute Gasteiger partial charge is 0.338 e. The second-order valence-electron chi connectivity index (χ2n) is 5.03. The highest BCUT2D eigenvalue weighted by Crippen LogP contribution is 2.30. The van der Waals surface area contributed by atoms with Crippen molar-refractivity contribution in [3.8, 4) is 0 Å². The monoisotopic (exact) mass is 395 g/mol. The van der Waals surface area contributed by atoms with Gasteiger partial charge in [-0.1, -0.05) is 29.3 Å². The molecule has 23 heavy (non-hydrogen) atoms. The average Bonchev–Trinajstić information content (AvgIpc) is 2.53. The number of hydrogen-bond donors (Lipinski definition) is 1. The molecule has 120 valence electrons. The van der Waals surface area contributed by atoms with Crippen LogP contribution in [0.3, 0.4) is 0 Å². The fourth-order valence-electron chi connectivity index (χ4n) is 1.96. The van der Waals surface area contributed by atoms with Gasteiger partial charge in [-0.25, -0.2) is 4.79 Å². The fraction of sp³-hybridized carbons (Fsp3) is 0.176. The van der Waals surface area contributed by atoms with Crippen molar-refractivity contribution in [2.45, 2.75) is 13.8 Å². The lowest BCUT2D eigenvalue weighted by Gasteiger charge is -2.11. The summed E-state index contributed by atoms with van der Waals surface area (Å²) < 4.78 is 5.77. The Balaban J connectivity index is 1.95. The van der Waals surface area contributed by atoms with Gasteiger partial charge in [0.1, 0.15) is 0 Å². The van der Waals surface area contributed by atoms with Crippen molar-refractivity contribution >= 4 is 45.1 Å². The van der Waals surface area contributed by atoms with Crippen molar-refractivity contribution in [3.63, 3.8) is 0 Å². The number of ether oxygens (including phenoxy) is 1. The van der Waals surface area contributed by atoms with Gasteiger partial charge >= 0.3 is 5.97 Å². The Labute approximate surface area is 147 Å². The third-order valence-corrected chi connectivity index (χ3v) is 4.58. The molecule has 1 amide bonds. The van der Waals surface area contributed by atoms with E-state index in [1.807, 2.05) is 13.0 Å². The Morgan fingerprint density at radius 2 is 1.96 bits per heavy atom. The van der Waals surface area contributed by atoms with Gasteiger partial charge in [0, 0.05) is 10.2 Å². The maximum absolute atomic E-state index is 11.9. The molecule has 0 heterocycles. The molecule has 0 aromatic heterocycles. The predicted octanol–water partition coefficient (Wildman–Crippen LogP) is 4.51. The molecule has 0 saturated carbocycles. The molecule has 2 aromatic rings. The summed E-state index contributed by atoms with van der Waals surface area (Å²) in [6.45, 7) is 3.31. The third kappa shape index (κ3) is 4.56. The van der Waals surface area contributed by atoms with Crippen molar-refractivity contribution in [2.75, 3.05) is 11.9 Å². The second kappa shape index (κ2) is 7.62. The zero-order chi connectivity index (χ0) is 17.0. The second-order valence-corrected chi connectivity index (χ2v) is 6.26. The molecule has 6 heteroatoms. The molecule has 0 unspecified atom stereocenters. The molecule has 0 saturated heterocycles. The van der Waals surface area contributed by atoms with Crippen LogP contribution < -0.4 is 5.32 Å². The minimum atomic E-state index is -0.533. The Morgan fingerprint density at radius 1 is 1.22 bits per heavy atom. The van der Waals surface area contributed by atoms with Crippen molar-refractivity contribution in [2.24, 2.45) is 0 Å². The summed E-state index contributed by atoms with van der Waals surface area (Å²) in [6.07, 6.45) is 0. The summed E-state index contributed by atoms with van der Waals surface area (Å²) in [5.74, 6) is -0.957. The largest absolute Gasteiger partial charge is 0.452 e. The van der Waals surface area contributed by atoms with Crippen molar-refractivity contribution < 1.29 is 14.3 Å². The molecule has 0 aliphatic heterocycles. The minimum absolute atomic E-state index is 0.361. The van der Waals surface area contributed by atoms with E-state index < -0.39 is 11.9 Å². The van der Waals surface area contributed by atoms with E-state index in [-0.39, 0.29) is 6.61 Å². The third-order valence-electron chi connectivity index (χ3n) is 3.20. The van der Waals surface area contributed by atoms with Gasteiger partial charge in [-0.15, -0.1) is 0 Å². The topological polar surface area (TPSA) is 55.4 Å². The van der Waals surface area contributed by atoms with Crippen LogP contribution in [0.2, 0.25) is 5.02 Å². The zero-order valence-electron chi connectivity index (χ0n) is 12.7. The van der Waals surface area contributed by atoms with Gasteiger partial charge in [-0.2, -0.15) is 0 Å². The minimum Gasteiger partial charge on any atom is -0.452 e. The molecule has 0 atom stereocenters. The molecular formula is C17H15BrClNO3. The Kier molecular flexibility index (Phi) is 5.80. The standard InChI is InChI=1S/C17H15BrClNO3/c1-10-4-3-5-12(8-10)17(22)23-9-15(21)20-14-7-6-13(18)16(19)11(14)2/h3-8H,9H2,1-2H3,(H,20,21). The predicted molar refractivity (Wildman–Crippen MR) is 94.0 cm³/mol. The summed E-state index contributed by atoms with van der Waals surface area (Å²) >= 11 is 9.42. The van der Waals surface area contributed by atoms with Crippen molar-refractivity contribution in [1.82, 2.24) is 0 Å². The number of nitrogens with one attached hydrogen (secondary N) is 1. The van der Waals surface area contributed by atoms with E-state index in [0.717, 1.165) is 15.6 Å². The number of carbonyl (C=O) groups is 2. The maximum atomic E-state index is 11.9. The van der Waals surface area contributed by atoms with E-state index in [0.29, 0.717) is 16.3 Å². The molecular weight excluding hydrogens is 382 g/mol. The van der Waals surface area contributed by atoms with E-state index in [2.05, 4.69) is 21.2 Å². The number of rotatable bonds is 4. The normalized spacial score (nSPS) is 10.3. The van der Waals surface area contributed by atoms with Gasteiger partial charge in [0.2, 0.25) is 0 Å². The van der Waals surface area contributed by atoms with E-state index >= 15 is 0 Å². The maximum Gasteiger partial charge on any atom is 0.338 e. The molecule has 0 bridgehead atoms. The summed E-state index contributed by atoms with van der Waals surface area (Å²) in [7, 11) is 0. The first-order valence-corrected chi connectivity index (χ1v) is 8.04. The summed E-state index contributed by atoms with van der Waals surface area (Å²) in [5, 5.41) is 3.20. The summed E-state index contributed by atoms with van der Waals surface area (Å²) in [6, 6.07) is 10.5. The number of carbonyl (C=O) groups excluding carboxylic acids is 2. The highest BCUT2D eigenvalue weighted by molar-refractivity contribution is 9.10. The summed E-state index contributed by atoms with van der Waals surface area (Å²) in [5.41, 5.74) is 2.68. The van der Waals surface area contributed by atoms with Crippen LogP contribution in [0.4, 0.5) is 5.69 Å². The van der Waals surface area contributed by atoms with Gasteiger partial charge < -0.3 is 10.1 Å². The van der Waals surface area contributed by atoms with Crippen LogP contribution >= 0.6 is 27.5 Å². The van der Waals surface area contributed by atoms with Crippen LogP contribution in [0.5, 0.6) is 0 Å². The van der Waals surface area contributed by atoms with Crippen LogP contribution in [0.1, 0.15) is 21.5 Å². The lowest BCUT2D eigenvalue weighted by atomic mass is 10.1. The Bertz CT molecular complexity index is 761. The lowest BCUT2D eigenvalue weighted by molar-refractivity contribution is -0.119. The number of anilines is 1. The molecule has 0 spiro atoms. The highest BCUT2D eigenvalue weighted by atomic mass is 79.9. The van der Waals surface area contributed by atoms with E-state index in [1.54, 1.807) is 37.3 Å². The lowest BCUT2D eigenvalue weighted by Crippen LogP contribution is -2.21. The SMILES string of the molecule is Cc1cccc(C(=O)OCC(=O)Nc2ccc(Br)c(Cl)c2C)c1.